The standard InChI is InChI=1S/C22H24N4O/c1-16-23-11-8-21(25-16)22(27)26-12-3-4-17(9-13-26)14-18-6-7-20-19(15-18)5-2-10-24-20/h2,5-8,10-11,15,17H,3-4,9,12-14H2,1H3/t17-/m0/s1. The molecule has 0 radical (unpaired) electrons. The predicted molar refractivity (Wildman–Crippen MR) is 105 cm³/mol. The number of pyridine rings is 1. The molecular weight excluding hydrogens is 336 g/mol. The van der Waals surface area contributed by atoms with E-state index in [0.717, 1.165) is 44.3 Å². The summed E-state index contributed by atoms with van der Waals surface area (Å²) < 4.78 is 0. The van der Waals surface area contributed by atoms with E-state index in [9.17, 15) is 4.79 Å². The number of aromatic nitrogens is 3. The lowest BCUT2D eigenvalue weighted by Gasteiger charge is -2.20. The summed E-state index contributed by atoms with van der Waals surface area (Å²) in [5.74, 6) is 1.27. The monoisotopic (exact) mass is 360 g/mol. The number of nitrogens with zero attached hydrogens (tertiary/aromatic N) is 4. The highest BCUT2D eigenvalue weighted by molar-refractivity contribution is 5.92. The van der Waals surface area contributed by atoms with Crippen molar-refractivity contribution in [2.24, 2.45) is 5.92 Å². The Kier molecular flexibility index (Phi) is 5.10. The molecule has 1 amide bonds. The first-order chi connectivity index (χ1) is 13.2. The fourth-order valence-corrected chi connectivity index (χ4v) is 3.90. The van der Waals surface area contributed by atoms with Crippen molar-refractivity contribution in [1.29, 1.82) is 0 Å². The van der Waals surface area contributed by atoms with Crippen LogP contribution in [0.4, 0.5) is 0 Å². The SMILES string of the molecule is Cc1nccc(C(=O)N2CCC[C@H](Cc3ccc4ncccc4c3)CC2)n1. The number of hydrogen-bond acceptors (Lipinski definition) is 4. The molecule has 0 aliphatic carbocycles. The van der Waals surface area contributed by atoms with Gasteiger partial charge in [0.25, 0.3) is 5.91 Å². The topological polar surface area (TPSA) is 59.0 Å². The van der Waals surface area contributed by atoms with Crippen LogP contribution in [0.25, 0.3) is 10.9 Å². The molecule has 0 saturated carbocycles. The Morgan fingerprint density at radius 1 is 1.11 bits per heavy atom. The van der Waals surface area contributed by atoms with Crippen LogP contribution in [-0.4, -0.2) is 38.8 Å². The minimum atomic E-state index is 0.0259. The van der Waals surface area contributed by atoms with Gasteiger partial charge in [0.1, 0.15) is 11.5 Å². The zero-order valence-corrected chi connectivity index (χ0v) is 15.6. The Labute approximate surface area is 159 Å². The molecule has 138 valence electrons. The molecule has 1 aliphatic heterocycles. The van der Waals surface area contributed by atoms with Gasteiger partial charge in [-0.1, -0.05) is 12.1 Å². The summed E-state index contributed by atoms with van der Waals surface area (Å²) in [6.45, 7) is 3.41. The van der Waals surface area contributed by atoms with Crippen LogP contribution < -0.4 is 0 Å². The molecule has 27 heavy (non-hydrogen) atoms. The number of benzene rings is 1. The Hall–Kier alpha value is -2.82. The van der Waals surface area contributed by atoms with Crippen molar-refractivity contribution in [3.8, 4) is 0 Å². The van der Waals surface area contributed by atoms with Crippen molar-refractivity contribution in [2.45, 2.75) is 32.6 Å². The maximum Gasteiger partial charge on any atom is 0.272 e. The lowest BCUT2D eigenvalue weighted by Crippen LogP contribution is -2.32. The first-order valence-electron chi connectivity index (χ1n) is 9.61. The first kappa shape index (κ1) is 17.6. The number of carbonyl (C=O) groups is 1. The van der Waals surface area contributed by atoms with Gasteiger partial charge in [0.15, 0.2) is 0 Å². The normalized spacial score (nSPS) is 17.7. The number of hydrogen-bond donors (Lipinski definition) is 0. The maximum atomic E-state index is 12.7. The van der Waals surface area contributed by atoms with Crippen LogP contribution in [0.1, 0.15) is 41.1 Å². The number of amides is 1. The third-order valence-electron chi connectivity index (χ3n) is 5.32. The van der Waals surface area contributed by atoms with Crippen molar-refractivity contribution in [3.63, 3.8) is 0 Å². The van der Waals surface area contributed by atoms with Crippen LogP contribution in [0.2, 0.25) is 0 Å². The lowest BCUT2D eigenvalue weighted by molar-refractivity contribution is 0.0753. The minimum Gasteiger partial charge on any atom is -0.337 e. The predicted octanol–water partition coefficient (Wildman–Crippen LogP) is 3.82. The Morgan fingerprint density at radius 2 is 2.04 bits per heavy atom. The molecule has 5 heteroatoms. The number of carbonyl (C=O) groups excluding carboxylic acids is 1. The highest BCUT2D eigenvalue weighted by atomic mass is 16.2. The summed E-state index contributed by atoms with van der Waals surface area (Å²) in [6, 6.07) is 12.3. The van der Waals surface area contributed by atoms with E-state index in [1.165, 1.54) is 10.9 Å². The van der Waals surface area contributed by atoms with E-state index in [-0.39, 0.29) is 5.91 Å². The third-order valence-corrected chi connectivity index (χ3v) is 5.32. The van der Waals surface area contributed by atoms with Gasteiger partial charge < -0.3 is 4.90 Å². The van der Waals surface area contributed by atoms with Crippen molar-refractivity contribution in [2.75, 3.05) is 13.1 Å². The zero-order chi connectivity index (χ0) is 18.6. The van der Waals surface area contributed by atoms with Gasteiger partial charge in [0, 0.05) is 30.9 Å². The largest absolute Gasteiger partial charge is 0.337 e. The highest BCUT2D eigenvalue weighted by Crippen LogP contribution is 2.24. The van der Waals surface area contributed by atoms with Gasteiger partial charge in [-0.05, 0) is 68.4 Å². The molecule has 1 fully saturated rings. The molecular formula is C22H24N4O. The van der Waals surface area contributed by atoms with Gasteiger partial charge in [-0.15, -0.1) is 0 Å². The van der Waals surface area contributed by atoms with E-state index in [2.05, 4.69) is 39.2 Å². The molecule has 5 nitrogen and oxygen atoms in total. The molecule has 0 bridgehead atoms. The molecule has 4 rings (SSSR count). The molecule has 1 saturated heterocycles. The first-order valence-corrected chi connectivity index (χ1v) is 9.61. The van der Waals surface area contributed by atoms with Crippen LogP contribution in [0, 0.1) is 12.8 Å². The van der Waals surface area contributed by atoms with Crippen molar-refractivity contribution in [3.05, 3.63) is 65.9 Å². The van der Waals surface area contributed by atoms with Gasteiger partial charge >= 0.3 is 0 Å². The molecule has 3 heterocycles. The summed E-state index contributed by atoms with van der Waals surface area (Å²) in [4.78, 5) is 27.5. The molecule has 0 spiro atoms. The van der Waals surface area contributed by atoms with Gasteiger partial charge in [-0.3, -0.25) is 9.78 Å². The summed E-state index contributed by atoms with van der Waals surface area (Å²) in [6.07, 6.45) is 7.76. The molecule has 1 atom stereocenters. The van der Waals surface area contributed by atoms with E-state index < -0.39 is 0 Å². The Bertz CT molecular complexity index is 956. The molecule has 1 aliphatic rings. The van der Waals surface area contributed by atoms with E-state index in [0.29, 0.717) is 17.4 Å². The van der Waals surface area contributed by atoms with E-state index in [4.69, 9.17) is 0 Å². The fraction of sp³-hybridized carbons (Fsp3) is 0.364. The summed E-state index contributed by atoms with van der Waals surface area (Å²) in [5.41, 5.74) is 2.90. The lowest BCUT2D eigenvalue weighted by atomic mass is 9.92. The Morgan fingerprint density at radius 3 is 2.93 bits per heavy atom. The van der Waals surface area contributed by atoms with Crippen LogP contribution in [0.5, 0.6) is 0 Å². The number of likely N-dealkylation sites (tertiary alicyclic amines) is 1. The Balaban J connectivity index is 1.41. The molecule has 1 aromatic carbocycles. The van der Waals surface area contributed by atoms with Crippen LogP contribution in [-0.2, 0) is 6.42 Å². The van der Waals surface area contributed by atoms with Gasteiger partial charge in [-0.25, -0.2) is 9.97 Å². The summed E-state index contributed by atoms with van der Waals surface area (Å²) in [5, 5.41) is 1.19. The second kappa shape index (κ2) is 7.82. The molecule has 3 aromatic rings. The van der Waals surface area contributed by atoms with Crippen molar-refractivity contribution < 1.29 is 4.79 Å². The van der Waals surface area contributed by atoms with Gasteiger partial charge in [-0.2, -0.15) is 0 Å². The van der Waals surface area contributed by atoms with Crippen LogP contribution >= 0.6 is 0 Å². The number of aryl methyl sites for hydroxylation is 1. The fourth-order valence-electron chi connectivity index (χ4n) is 3.90. The summed E-state index contributed by atoms with van der Waals surface area (Å²) in [7, 11) is 0. The molecule has 0 unspecified atom stereocenters. The minimum absolute atomic E-state index is 0.0259. The molecule has 0 N–H and O–H groups in total. The van der Waals surface area contributed by atoms with E-state index in [1.807, 2.05) is 24.1 Å². The smallest absolute Gasteiger partial charge is 0.272 e. The zero-order valence-electron chi connectivity index (χ0n) is 15.6. The van der Waals surface area contributed by atoms with Crippen LogP contribution in [0.15, 0.2) is 48.8 Å². The van der Waals surface area contributed by atoms with E-state index >= 15 is 0 Å². The second-order valence-corrected chi connectivity index (χ2v) is 7.31. The third kappa shape index (κ3) is 4.13. The number of fused-ring (bicyclic) bond motifs is 1. The van der Waals surface area contributed by atoms with Gasteiger partial charge in [0.2, 0.25) is 0 Å². The maximum absolute atomic E-state index is 12.7. The highest BCUT2D eigenvalue weighted by Gasteiger charge is 2.22. The second-order valence-electron chi connectivity index (χ2n) is 7.31. The average molecular weight is 360 g/mol. The quantitative estimate of drug-likeness (QED) is 0.712. The van der Waals surface area contributed by atoms with E-state index in [1.54, 1.807) is 12.3 Å². The average Bonchev–Trinajstić information content (AvgIpc) is 2.93. The molecule has 2 aromatic heterocycles. The van der Waals surface area contributed by atoms with Crippen LogP contribution in [0.3, 0.4) is 0 Å². The summed E-state index contributed by atoms with van der Waals surface area (Å²) >= 11 is 0. The van der Waals surface area contributed by atoms with Gasteiger partial charge in [0.05, 0.1) is 5.52 Å². The number of rotatable bonds is 3. The van der Waals surface area contributed by atoms with Crippen molar-refractivity contribution in [1.82, 2.24) is 19.9 Å². The van der Waals surface area contributed by atoms with Crippen molar-refractivity contribution >= 4 is 16.8 Å².